The molecule has 3 N–H and O–H groups in total. The Hall–Kier alpha value is -1.59. The average molecular weight is 265 g/mol. The lowest BCUT2D eigenvalue weighted by Gasteiger charge is -2.12. The van der Waals surface area contributed by atoms with Crippen LogP contribution in [0.15, 0.2) is 24.3 Å². The van der Waals surface area contributed by atoms with E-state index in [0.29, 0.717) is 12.3 Å². The van der Waals surface area contributed by atoms with Gasteiger partial charge in [0.25, 0.3) is 0 Å². The maximum absolute atomic E-state index is 11.5. The zero-order valence-corrected chi connectivity index (χ0v) is 11.8. The Morgan fingerprint density at radius 1 is 1.47 bits per heavy atom. The molecule has 0 aromatic heterocycles. The number of carbonyl (C=O) groups excluding carboxylic acids is 1. The molecule has 0 bridgehead atoms. The molecule has 0 fully saturated rings. The molecule has 0 aliphatic heterocycles. The van der Waals surface area contributed by atoms with E-state index in [9.17, 15) is 4.79 Å². The van der Waals surface area contributed by atoms with Crippen LogP contribution in [0.1, 0.15) is 13.3 Å². The maximum atomic E-state index is 11.5. The largest absolute Gasteiger partial charge is 0.493 e. The molecule has 0 saturated heterocycles. The number of hydrogen-bond donors (Lipinski definition) is 2. The lowest BCUT2D eigenvalue weighted by atomic mass is 10.2. The minimum atomic E-state index is -0.523. The van der Waals surface area contributed by atoms with Crippen LogP contribution in [-0.2, 0) is 4.79 Å². The molecule has 1 aromatic carbocycles. The van der Waals surface area contributed by atoms with Gasteiger partial charge in [-0.05, 0) is 39.6 Å². The van der Waals surface area contributed by atoms with E-state index < -0.39 is 6.04 Å². The Bertz CT molecular complexity index is 405. The smallest absolute Gasteiger partial charge is 0.241 e. The van der Waals surface area contributed by atoms with Gasteiger partial charge in [-0.3, -0.25) is 4.79 Å². The summed E-state index contributed by atoms with van der Waals surface area (Å²) < 4.78 is 5.63. The van der Waals surface area contributed by atoms with Gasteiger partial charge in [0, 0.05) is 18.3 Å². The molecular weight excluding hydrogens is 242 g/mol. The van der Waals surface area contributed by atoms with Crippen LogP contribution in [0.3, 0.4) is 0 Å². The third kappa shape index (κ3) is 6.22. The molecule has 1 rings (SSSR count). The van der Waals surface area contributed by atoms with E-state index in [4.69, 9.17) is 10.5 Å². The third-order valence-electron chi connectivity index (χ3n) is 2.53. The van der Waals surface area contributed by atoms with Crippen LogP contribution in [0.2, 0.25) is 0 Å². The molecule has 0 spiro atoms. The number of rotatable bonds is 7. The molecular formula is C14H23N3O2. The summed E-state index contributed by atoms with van der Waals surface area (Å²) in [4.78, 5) is 13.6. The normalized spacial score (nSPS) is 12.3. The maximum Gasteiger partial charge on any atom is 0.241 e. The number of carbonyl (C=O) groups is 1. The number of amides is 1. The molecule has 1 unspecified atom stereocenters. The summed E-state index contributed by atoms with van der Waals surface area (Å²) in [6.45, 7) is 3.29. The number of anilines is 1. The van der Waals surface area contributed by atoms with Crippen molar-refractivity contribution < 1.29 is 9.53 Å². The summed E-state index contributed by atoms with van der Waals surface area (Å²) in [6.07, 6.45) is 0.962. The van der Waals surface area contributed by atoms with Crippen molar-refractivity contribution in [2.45, 2.75) is 19.4 Å². The van der Waals surface area contributed by atoms with Crippen molar-refractivity contribution in [3.8, 4) is 5.75 Å². The quantitative estimate of drug-likeness (QED) is 0.729. The minimum absolute atomic E-state index is 0.204. The van der Waals surface area contributed by atoms with Crippen LogP contribution < -0.4 is 15.8 Å². The first kappa shape index (κ1) is 15.5. The third-order valence-corrected chi connectivity index (χ3v) is 2.53. The van der Waals surface area contributed by atoms with E-state index in [-0.39, 0.29) is 5.91 Å². The Morgan fingerprint density at radius 2 is 2.21 bits per heavy atom. The Morgan fingerprint density at radius 3 is 2.84 bits per heavy atom. The van der Waals surface area contributed by atoms with Crippen LogP contribution in [0.25, 0.3) is 0 Å². The van der Waals surface area contributed by atoms with E-state index in [1.807, 2.05) is 32.3 Å². The van der Waals surface area contributed by atoms with Gasteiger partial charge >= 0.3 is 0 Å². The molecule has 19 heavy (non-hydrogen) atoms. The molecule has 0 saturated carbocycles. The predicted octanol–water partition coefficient (Wildman–Crippen LogP) is 1.30. The SMILES string of the molecule is CC(N)C(=O)Nc1cccc(OCCCN(C)C)c1. The van der Waals surface area contributed by atoms with Crippen molar-refractivity contribution in [1.29, 1.82) is 0 Å². The van der Waals surface area contributed by atoms with Gasteiger partial charge in [-0.1, -0.05) is 6.07 Å². The summed E-state index contributed by atoms with van der Waals surface area (Å²) in [5.74, 6) is 0.547. The summed E-state index contributed by atoms with van der Waals surface area (Å²) >= 11 is 0. The molecule has 0 aliphatic rings. The first-order valence-corrected chi connectivity index (χ1v) is 6.43. The number of nitrogens with two attached hydrogens (primary N) is 1. The number of ether oxygens (including phenoxy) is 1. The highest BCUT2D eigenvalue weighted by molar-refractivity contribution is 5.94. The van der Waals surface area contributed by atoms with E-state index in [1.165, 1.54) is 0 Å². The van der Waals surface area contributed by atoms with Gasteiger partial charge in [0.2, 0.25) is 5.91 Å². The van der Waals surface area contributed by atoms with Gasteiger partial charge in [-0.25, -0.2) is 0 Å². The number of benzene rings is 1. The lowest BCUT2D eigenvalue weighted by molar-refractivity contribution is -0.117. The average Bonchev–Trinajstić information content (AvgIpc) is 2.35. The van der Waals surface area contributed by atoms with Crippen molar-refractivity contribution in [1.82, 2.24) is 4.90 Å². The second kappa shape index (κ2) is 7.76. The highest BCUT2D eigenvalue weighted by Crippen LogP contribution is 2.17. The van der Waals surface area contributed by atoms with E-state index in [1.54, 1.807) is 13.0 Å². The number of nitrogens with zero attached hydrogens (tertiary/aromatic N) is 1. The molecule has 1 aromatic rings. The number of hydrogen-bond acceptors (Lipinski definition) is 4. The van der Waals surface area contributed by atoms with Crippen molar-refractivity contribution in [2.75, 3.05) is 32.6 Å². The van der Waals surface area contributed by atoms with Gasteiger partial charge in [-0.15, -0.1) is 0 Å². The van der Waals surface area contributed by atoms with Crippen molar-refractivity contribution >= 4 is 11.6 Å². The van der Waals surface area contributed by atoms with Crippen LogP contribution in [0, 0.1) is 0 Å². The van der Waals surface area contributed by atoms with Crippen LogP contribution in [-0.4, -0.2) is 44.1 Å². The summed E-state index contributed by atoms with van der Waals surface area (Å²) in [7, 11) is 4.06. The molecule has 106 valence electrons. The summed E-state index contributed by atoms with van der Waals surface area (Å²) in [5.41, 5.74) is 6.20. The first-order chi connectivity index (χ1) is 8.99. The second-order valence-corrected chi connectivity index (χ2v) is 4.81. The van der Waals surface area contributed by atoms with Crippen molar-refractivity contribution in [3.63, 3.8) is 0 Å². The van der Waals surface area contributed by atoms with E-state index >= 15 is 0 Å². The van der Waals surface area contributed by atoms with Gasteiger partial charge in [0.1, 0.15) is 5.75 Å². The molecule has 0 heterocycles. The fraction of sp³-hybridized carbons (Fsp3) is 0.500. The first-order valence-electron chi connectivity index (χ1n) is 6.43. The van der Waals surface area contributed by atoms with Crippen LogP contribution >= 0.6 is 0 Å². The zero-order valence-electron chi connectivity index (χ0n) is 11.8. The summed E-state index contributed by atoms with van der Waals surface area (Å²) in [5, 5.41) is 2.74. The van der Waals surface area contributed by atoms with Crippen molar-refractivity contribution in [2.24, 2.45) is 5.73 Å². The Balaban J connectivity index is 2.45. The van der Waals surface area contributed by atoms with Gasteiger partial charge in [-0.2, -0.15) is 0 Å². The lowest BCUT2D eigenvalue weighted by Crippen LogP contribution is -2.32. The monoisotopic (exact) mass is 265 g/mol. The van der Waals surface area contributed by atoms with Crippen LogP contribution in [0.4, 0.5) is 5.69 Å². The fourth-order valence-corrected chi connectivity index (χ4v) is 1.49. The standard InChI is InChI=1S/C14H23N3O2/c1-11(15)14(18)16-12-6-4-7-13(10-12)19-9-5-8-17(2)3/h4,6-7,10-11H,5,8-9,15H2,1-3H3,(H,16,18). The Labute approximate surface area is 114 Å². The molecule has 1 amide bonds. The van der Waals surface area contributed by atoms with Crippen LogP contribution in [0.5, 0.6) is 5.75 Å². The van der Waals surface area contributed by atoms with Gasteiger partial charge < -0.3 is 20.7 Å². The second-order valence-electron chi connectivity index (χ2n) is 4.81. The molecule has 0 aliphatic carbocycles. The van der Waals surface area contributed by atoms with Gasteiger partial charge in [0.15, 0.2) is 0 Å². The summed E-state index contributed by atoms with van der Waals surface area (Å²) in [6, 6.07) is 6.81. The van der Waals surface area contributed by atoms with E-state index in [2.05, 4.69) is 10.2 Å². The van der Waals surface area contributed by atoms with Crippen molar-refractivity contribution in [3.05, 3.63) is 24.3 Å². The molecule has 5 nitrogen and oxygen atoms in total. The highest BCUT2D eigenvalue weighted by atomic mass is 16.5. The number of nitrogens with one attached hydrogen (secondary N) is 1. The van der Waals surface area contributed by atoms with Gasteiger partial charge in [0.05, 0.1) is 12.6 Å². The molecule has 1 atom stereocenters. The Kier molecular flexibility index (Phi) is 6.32. The zero-order chi connectivity index (χ0) is 14.3. The van der Waals surface area contributed by atoms with E-state index in [0.717, 1.165) is 18.7 Å². The highest BCUT2D eigenvalue weighted by Gasteiger charge is 2.07. The predicted molar refractivity (Wildman–Crippen MR) is 77.4 cm³/mol. The topological polar surface area (TPSA) is 67.6 Å². The fourth-order valence-electron chi connectivity index (χ4n) is 1.49. The molecule has 0 radical (unpaired) electrons. The minimum Gasteiger partial charge on any atom is -0.493 e. The molecule has 5 heteroatoms.